The first-order valence-corrected chi connectivity index (χ1v) is 5.09. The van der Waals surface area contributed by atoms with E-state index < -0.39 is 11.6 Å². The van der Waals surface area contributed by atoms with Crippen molar-refractivity contribution in [2.75, 3.05) is 0 Å². The van der Waals surface area contributed by atoms with Gasteiger partial charge in [-0.3, -0.25) is 11.3 Å². The van der Waals surface area contributed by atoms with E-state index in [1.165, 1.54) is 12.1 Å². The normalized spacial score (nSPS) is 12.5. The molecule has 0 saturated heterocycles. The van der Waals surface area contributed by atoms with Gasteiger partial charge in [0.25, 0.3) is 0 Å². The zero-order valence-electron chi connectivity index (χ0n) is 9.26. The molecule has 16 heavy (non-hydrogen) atoms. The second-order valence-corrected chi connectivity index (χ2v) is 3.92. The summed E-state index contributed by atoms with van der Waals surface area (Å²) in [5.41, 5.74) is 4.08. The second kappa shape index (κ2) is 5.72. The van der Waals surface area contributed by atoms with Gasteiger partial charge in [0.05, 0.1) is 0 Å². The Morgan fingerprint density at radius 1 is 1.38 bits per heavy atom. The molecule has 0 heterocycles. The lowest BCUT2D eigenvalue weighted by molar-refractivity contribution is 0.503. The quantitative estimate of drug-likeness (QED) is 0.460. The van der Waals surface area contributed by atoms with Crippen molar-refractivity contribution in [3.63, 3.8) is 0 Å². The molecule has 1 atom stereocenters. The van der Waals surface area contributed by atoms with Gasteiger partial charge in [0, 0.05) is 12.1 Å². The molecule has 1 unspecified atom stereocenters. The van der Waals surface area contributed by atoms with Crippen molar-refractivity contribution in [2.45, 2.75) is 25.8 Å². The predicted molar refractivity (Wildman–Crippen MR) is 60.5 cm³/mol. The molecule has 1 rings (SSSR count). The summed E-state index contributed by atoms with van der Waals surface area (Å²) in [7, 11) is 0. The number of benzene rings is 1. The third-order valence-corrected chi connectivity index (χ3v) is 2.35. The van der Waals surface area contributed by atoms with Crippen LogP contribution in [0.5, 0.6) is 0 Å². The largest absolute Gasteiger partial charge is 0.271 e. The van der Waals surface area contributed by atoms with E-state index in [0.29, 0.717) is 12.0 Å². The van der Waals surface area contributed by atoms with E-state index in [1.807, 2.05) is 6.92 Å². The molecule has 1 aromatic carbocycles. The van der Waals surface area contributed by atoms with Crippen LogP contribution in [0.15, 0.2) is 30.4 Å². The van der Waals surface area contributed by atoms with Gasteiger partial charge in [-0.05, 0) is 37.5 Å². The highest BCUT2D eigenvalue weighted by molar-refractivity contribution is 5.21. The first-order chi connectivity index (χ1) is 7.52. The van der Waals surface area contributed by atoms with Gasteiger partial charge in [0.2, 0.25) is 0 Å². The van der Waals surface area contributed by atoms with Gasteiger partial charge in [-0.1, -0.05) is 5.57 Å². The summed E-state index contributed by atoms with van der Waals surface area (Å²) in [5, 5.41) is 0. The Hall–Kier alpha value is -1.26. The average molecular weight is 226 g/mol. The maximum Gasteiger partial charge on any atom is 0.126 e. The monoisotopic (exact) mass is 226 g/mol. The fourth-order valence-electron chi connectivity index (χ4n) is 1.51. The molecule has 3 N–H and O–H groups in total. The third-order valence-electron chi connectivity index (χ3n) is 2.35. The van der Waals surface area contributed by atoms with Gasteiger partial charge < -0.3 is 0 Å². The molecule has 2 nitrogen and oxygen atoms in total. The van der Waals surface area contributed by atoms with E-state index in [-0.39, 0.29) is 6.04 Å². The lowest BCUT2D eigenvalue weighted by Gasteiger charge is -2.16. The summed E-state index contributed by atoms with van der Waals surface area (Å²) >= 11 is 0. The molecule has 1 aromatic rings. The number of hydrogen-bond acceptors (Lipinski definition) is 2. The van der Waals surface area contributed by atoms with Crippen molar-refractivity contribution in [1.82, 2.24) is 5.43 Å². The lowest BCUT2D eigenvalue weighted by atomic mass is 10.0. The van der Waals surface area contributed by atoms with Crippen molar-refractivity contribution in [3.05, 3.63) is 47.5 Å². The molecule has 4 heteroatoms. The topological polar surface area (TPSA) is 38.0 Å². The average Bonchev–Trinajstić information content (AvgIpc) is 2.16. The zero-order valence-corrected chi connectivity index (χ0v) is 9.26. The molecule has 0 aliphatic carbocycles. The molecule has 0 aliphatic rings. The minimum Gasteiger partial charge on any atom is -0.271 e. The molecular weight excluding hydrogens is 210 g/mol. The Morgan fingerprint density at radius 3 is 2.38 bits per heavy atom. The molecule has 0 fully saturated rings. The van der Waals surface area contributed by atoms with Crippen LogP contribution in [0.4, 0.5) is 8.78 Å². The van der Waals surface area contributed by atoms with Crippen molar-refractivity contribution in [3.8, 4) is 0 Å². The van der Waals surface area contributed by atoms with E-state index in [1.54, 1.807) is 0 Å². The van der Waals surface area contributed by atoms with E-state index in [2.05, 4.69) is 12.0 Å². The van der Waals surface area contributed by atoms with Crippen LogP contribution in [0.1, 0.15) is 31.4 Å². The highest BCUT2D eigenvalue weighted by atomic mass is 19.1. The number of hydrogen-bond donors (Lipinski definition) is 2. The van der Waals surface area contributed by atoms with Crippen molar-refractivity contribution in [2.24, 2.45) is 5.84 Å². The number of rotatable bonds is 5. The Kier molecular flexibility index (Phi) is 4.58. The standard InChI is InChI=1S/C12H16F2N2/c1-8(2)3-4-12(16-15)9-5-10(13)7-11(14)6-9/h5-7,12,16H,1,3-4,15H2,2H3. The number of hydrazine groups is 1. The fourth-order valence-corrected chi connectivity index (χ4v) is 1.51. The number of halogens is 2. The number of nitrogens with two attached hydrogens (primary N) is 1. The Balaban J connectivity index is 2.81. The van der Waals surface area contributed by atoms with Gasteiger partial charge in [0.1, 0.15) is 11.6 Å². The molecule has 0 aliphatic heterocycles. The first kappa shape index (κ1) is 12.8. The van der Waals surface area contributed by atoms with E-state index >= 15 is 0 Å². The van der Waals surface area contributed by atoms with Crippen LogP contribution in [0.25, 0.3) is 0 Å². The maximum absolute atomic E-state index is 13.0. The third kappa shape index (κ3) is 3.72. The Morgan fingerprint density at radius 2 is 1.94 bits per heavy atom. The Bertz CT molecular complexity index is 357. The van der Waals surface area contributed by atoms with Crippen LogP contribution >= 0.6 is 0 Å². The van der Waals surface area contributed by atoms with Crippen LogP contribution in [0.2, 0.25) is 0 Å². The number of allylic oxidation sites excluding steroid dienone is 1. The summed E-state index contributed by atoms with van der Waals surface area (Å²) in [4.78, 5) is 0. The fraction of sp³-hybridized carbons (Fsp3) is 0.333. The molecule has 0 amide bonds. The van der Waals surface area contributed by atoms with Gasteiger partial charge in [-0.15, -0.1) is 6.58 Å². The SMILES string of the molecule is C=C(C)CCC(NN)c1cc(F)cc(F)c1. The van der Waals surface area contributed by atoms with Crippen LogP contribution < -0.4 is 11.3 Å². The zero-order chi connectivity index (χ0) is 12.1. The predicted octanol–water partition coefficient (Wildman–Crippen LogP) is 2.83. The molecule has 0 bridgehead atoms. The van der Waals surface area contributed by atoms with Gasteiger partial charge in [-0.25, -0.2) is 8.78 Å². The maximum atomic E-state index is 13.0. The van der Waals surface area contributed by atoms with Crippen LogP contribution in [0, 0.1) is 11.6 Å². The molecule has 0 spiro atoms. The molecule has 0 aromatic heterocycles. The van der Waals surface area contributed by atoms with Crippen LogP contribution in [0.3, 0.4) is 0 Å². The molecular formula is C12H16F2N2. The van der Waals surface area contributed by atoms with Crippen molar-refractivity contribution in [1.29, 1.82) is 0 Å². The van der Waals surface area contributed by atoms with Crippen LogP contribution in [-0.2, 0) is 0 Å². The summed E-state index contributed by atoms with van der Waals surface area (Å²) < 4.78 is 26.0. The first-order valence-electron chi connectivity index (χ1n) is 5.09. The van der Waals surface area contributed by atoms with Gasteiger partial charge in [0.15, 0.2) is 0 Å². The highest BCUT2D eigenvalue weighted by Crippen LogP contribution is 2.21. The van der Waals surface area contributed by atoms with Gasteiger partial charge >= 0.3 is 0 Å². The Labute approximate surface area is 94.1 Å². The summed E-state index contributed by atoms with van der Waals surface area (Å²) in [6.07, 6.45) is 1.42. The van der Waals surface area contributed by atoms with E-state index in [4.69, 9.17) is 5.84 Å². The summed E-state index contributed by atoms with van der Waals surface area (Å²) in [6.45, 7) is 5.68. The summed E-state index contributed by atoms with van der Waals surface area (Å²) in [5.74, 6) is 4.18. The smallest absolute Gasteiger partial charge is 0.126 e. The molecule has 88 valence electrons. The van der Waals surface area contributed by atoms with E-state index in [9.17, 15) is 8.78 Å². The van der Waals surface area contributed by atoms with E-state index in [0.717, 1.165) is 18.1 Å². The summed E-state index contributed by atoms with van der Waals surface area (Å²) in [6, 6.07) is 3.15. The molecule has 0 radical (unpaired) electrons. The van der Waals surface area contributed by atoms with Crippen LogP contribution in [-0.4, -0.2) is 0 Å². The minimum absolute atomic E-state index is 0.262. The minimum atomic E-state index is -0.592. The second-order valence-electron chi connectivity index (χ2n) is 3.92. The lowest BCUT2D eigenvalue weighted by Crippen LogP contribution is -2.28. The van der Waals surface area contributed by atoms with Crippen molar-refractivity contribution < 1.29 is 8.78 Å². The highest BCUT2D eigenvalue weighted by Gasteiger charge is 2.11. The van der Waals surface area contributed by atoms with Crippen molar-refractivity contribution >= 4 is 0 Å². The molecule has 0 saturated carbocycles. The number of nitrogens with one attached hydrogen (secondary N) is 1. The van der Waals surface area contributed by atoms with Gasteiger partial charge in [-0.2, -0.15) is 0 Å².